The number of benzene rings is 1. The van der Waals surface area contributed by atoms with E-state index in [1.54, 1.807) is 12.4 Å². The molecule has 9 nitrogen and oxygen atoms in total. The van der Waals surface area contributed by atoms with Crippen LogP contribution in [0.25, 0.3) is 16.6 Å². The van der Waals surface area contributed by atoms with Gasteiger partial charge >= 0.3 is 0 Å². The van der Waals surface area contributed by atoms with Gasteiger partial charge in [-0.2, -0.15) is 0 Å². The van der Waals surface area contributed by atoms with Gasteiger partial charge in [-0.05, 0) is 51.2 Å². The first-order chi connectivity index (χ1) is 17.0. The number of hydrogen-bond donors (Lipinski definition) is 2. The first kappa shape index (κ1) is 23.2. The molecule has 1 amide bonds. The minimum atomic E-state index is 0.0625. The van der Waals surface area contributed by atoms with E-state index in [-0.39, 0.29) is 5.91 Å². The summed E-state index contributed by atoms with van der Waals surface area (Å²) in [6, 6.07) is 10.2. The second kappa shape index (κ2) is 9.97. The van der Waals surface area contributed by atoms with Gasteiger partial charge in [0, 0.05) is 74.3 Å². The van der Waals surface area contributed by atoms with Crippen molar-refractivity contribution in [3.05, 3.63) is 54.0 Å². The predicted octanol–water partition coefficient (Wildman–Crippen LogP) is 3.22. The van der Waals surface area contributed by atoms with Crippen molar-refractivity contribution in [2.75, 3.05) is 51.6 Å². The number of likely N-dealkylation sites (N-methyl/N-ethyl adjacent to an activating group) is 1. The number of aliphatic imine (C=N–C) groups is 1. The smallest absolute Gasteiger partial charge is 0.270 e. The first-order valence-corrected chi connectivity index (χ1v) is 12.1. The van der Waals surface area contributed by atoms with Gasteiger partial charge in [0.2, 0.25) is 5.95 Å². The molecule has 0 radical (unpaired) electrons. The van der Waals surface area contributed by atoms with Crippen LogP contribution in [0.5, 0.6) is 0 Å². The average molecular weight is 473 g/mol. The molecule has 2 aliphatic heterocycles. The topological polar surface area (TPSA) is 92.7 Å². The van der Waals surface area contributed by atoms with Gasteiger partial charge < -0.3 is 20.1 Å². The van der Waals surface area contributed by atoms with Crippen molar-refractivity contribution in [3.8, 4) is 0 Å². The summed E-state index contributed by atoms with van der Waals surface area (Å²) >= 11 is 0. The van der Waals surface area contributed by atoms with E-state index in [0.717, 1.165) is 67.2 Å². The maximum absolute atomic E-state index is 13.1. The number of anilines is 2. The fourth-order valence-corrected chi connectivity index (χ4v) is 4.65. The number of amides is 1. The maximum atomic E-state index is 13.1. The molecule has 2 aromatic heterocycles. The highest BCUT2D eigenvalue weighted by atomic mass is 16.2. The maximum Gasteiger partial charge on any atom is 0.270 e. The zero-order valence-electron chi connectivity index (χ0n) is 20.5. The lowest BCUT2D eigenvalue weighted by atomic mass is 10.1. The van der Waals surface area contributed by atoms with Crippen molar-refractivity contribution in [1.82, 2.24) is 29.7 Å². The average Bonchev–Trinajstić information content (AvgIpc) is 3.26. The molecule has 182 valence electrons. The van der Waals surface area contributed by atoms with E-state index in [1.165, 1.54) is 0 Å². The van der Waals surface area contributed by atoms with Gasteiger partial charge in [-0.25, -0.2) is 9.97 Å². The molecule has 35 heavy (non-hydrogen) atoms. The van der Waals surface area contributed by atoms with Gasteiger partial charge in [-0.15, -0.1) is 0 Å². The second-order valence-corrected chi connectivity index (χ2v) is 9.14. The number of H-pyrrole nitrogens is 1. The Balaban J connectivity index is 1.25. The Kier molecular flexibility index (Phi) is 6.61. The monoisotopic (exact) mass is 472 g/mol. The van der Waals surface area contributed by atoms with E-state index in [9.17, 15) is 4.79 Å². The molecular formula is C26H32N8O. The molecule has 2 saturated heterocycles. The molecule has 9 heteroatoms. The van der Waals surface area contributed by atoms with Gasteiger partial charge in [0.1, 0.15) is 5.69 Å². The first-order valence-electron chi connectivity index (χ1n) is 12.1. The number of carbonyl (C=O) groups excluding carboxylic acids is 1. The number of nitrogens with zero attached hydrogens (tertiary/aromatic N) is 6. The van der Waals surface area contributed by atoms with Crippen LogP contribution < -0.4 is 5.32 Å². The standard InChI is InChI=1S/C26H32N8O/c1-4-21(27-5-2)23-8-9-28-26(31-23)29-19-6-7-22-18(14-19)15-24(30-22)25(35)34-16-20(17-34)33-12-10-32(3)11-13-33/h4-9,14-15,20,30H,10-13,16-17H2,1-3H3,(H,28,29,31)/b21-4-,27-5?. The molecule has 0 unspecified atom stereocenters. The van der Waals surface area contributed by atoms with E-state index >= 15 is 0 Å². The molecule has 0 aliphatic carbocycles. The second-order valence-electron chi connectivity index (χ2n) is 9.14. The third-order valence-corrected chi connectivity index (χ3v) is 6.77. The summed E-state index contributed by atoms with van der Waals surface area (Å²) in [6.07, 6.45) is 5.38. The number of nitrogens with one attached hydrogen (secondary N) is 2. The molecule has 1 aromatic carbocycles. The van der Waals surface area contributed by atoms with Crippen molar-refractivity contribution in [2.45, 2.75) is 19.9 Å². The number of piperazine rings is 1. The van der Waals surface area contributed by atoms with Gasteiger partial charge in [0.15, 0.2) is 0 Å². The van der Waals surface area contributed by atoms with Crippen molar-refractivity contribution in [3.63, 3.8) is 0 Å². The minimum absolute atomic E-state index is 0.0625. The quantitative estimate of drug-likeness (QED) is 0.535. The van der Waals surface area contributed by atoms with Crippen LogP contribution in [0.2, 0.25) is 0 Å². The summed E-state index contributed by atoms with van der Waals surface area (Å²) in [5.74, 6) is 0.558. The van der Waals surface area contributed by atoms with E-state index < -0.39 is 0 Å². The third-order valence-electron chi connectivity index (χ3n) is 6.77. The fourth-order valence-electron chi connectivity index (χ4n) is 4.65. The van der Waals surface area contributed by atoms with Crippen LogP contribution in [0, 0.1) is 0 Å². The van der Waals surface area contributed by atoms with Crippen LogP contribution in [-0.4, -0.2) is 94.1 Å². The molecule has 0 saturated carbocycles. The van der Waals surface area contributed by atoms with Crippen LogP contribution in [0.1, 0.15) is 30.0 Å². The third kappa shape index (κ3) is 4.96. The lowest BCUT2D eigenvalue weighted by Gasteiger charge is -2.47. The van der Waals surface area contributed by atoms with E-state index in [1.807, 2.05) is 55.2 Å². The van der Waals surface area contributed by atoms with E-state index in [4.69, 9.17) is 0 Å². The van der Waals surface area contributed by atoms with Crippen LogP contribution in [-0.2, 0) is 0 Å². The Hall–Kier alpha value is -3.56. The fraction of sp³-hybridized carbons (Fsp3) is 0.385. The van der Waals surface area contributed by atoms with Gasteiger partial charge in [0.05, 0.1) is 11.4 Å². The molecule has 0 bridgehead atoms. The number of fused-ring (bicyclic) bond motifs is 1. The zero-order chi connectivity index (χ0) is 24.4. The molecule has 2 aliphatic rings. The summed E-state index contributed by atoms with van der Waals surface area (Å²) in [5, 5.41) is 4.23. The summed E-state index contributed by atoms with van der Waals surface area (Å²) < 4.78 is 0. The highest BCUT2D eigenvalue weighted by molar-refractivity contribution is 5.99. The van der Waals surface area contributed by atoms with E-state index in [2.05, 4.69) is 42.1 Å². The Labute approximate surface area is 205 Å². The molecule has 4 heterocycles. The normalized spacial score (nSPS) is 18.4. The molecule has 5 rings (SSSR count). The van der Waals surface area contributed by atoms with Gasteiger partial charge in [-0.1, -0.05) is 6.08 Å². The molecule has 0 spiro atoms. The van der Waals surface area contributed by atoms with Crippen molar-refractivity contribution >= 4 is 40.4 Å². The summed E-state index contributed by atoms with van der Waals surface area (Å²) in [5.41, 5.74) is 3.96. The van der Waals surface area contributed by atoms with Crippen molar-refractivity contribution in [2.24, 2.45) is 4.99 Å². The Bertz CT molecular complexity index is 1270. The number of hydrogen-bond acceptors (Lipinski definition) is 7. The van der Waals surface area contributed by atoms with Gasteiger partial charge in [-0.3, -0.25) is 14.7 Å². The van der Waals surface area contributed by atoms with Crippen LogP contribution in [0.3, 0.4) is 0 Å². The van der Waals surface area contributed by atoms with Crippen LogP contribution >= 0.6 is 0 Å². The van der Waals surface area contributed by atoms with Crippen molar-refractivity contribution in [1.29, 1.82) is 0 Å². The lowest BCUT2D eigenvalue weighted by Crippen LogP contribution is -2.64. The van der Waals surface area contributed by atoms with E-state index in [0.29, 0.717) is 17.7 Å². The van der Waals surface area contributed by atoms with Crippen molar-refractivity contribution < 1.29 is 4.79 Å². The summed E-state index contributed by atoms with van der Waals surface area (Å²) in [4.78, 5) is 36.4. The SMILES string of the molecule is CC=N/C(=C\C)c1ccnc(Nc2ccc3[nH]c(C(=O)N4CC(N5CCN(C)CC5)C4)cc3c2)n1. The molecule has 2 fully saturated rings. The Morgan fingerprint density at radius 1 is 1.14 bits per heavy atom. The number of aromatic amines is 1. The Morgan fingerprint density at radius 2 is 1.94 bits per heavy atom. The molecular weight excluding hydrogens is 440 g/mol. The number of rotatable bonds is 6. The number of allylic oxidation sites excluding steroid dienone is 1. The summed E-state index contributed by atoms with van der Waals surface area (Å²) in [6.45, 7) is 9.78. The Morgan fingerprint density at radius 3 is 2.69 bits per heavy atom. The molecule has 0 atom stereocenters. The number of carbonyl (C=O) groups is 1. The van der Waals surface area contributed by atoms with Crippen LogP contribution in [0.4, 0.5) is 11.6 Å². The lowest BCUT2D eigenvalue weighted by molar-refractivity contribution is 0.0107. The predicted molar refractivity (Wildman–Crippen MR) is 140 cm³/mol. The zero-order valence-corrected chi connectivity index (χ0v) is 20.5. The molecule has 3 aromatic rings. The summed E-state index contributed by atoms with van der Waals surface area (Å²) in [7, 11) is 2.16. The minimum Gasteiger partial charge on any atom is -0.351 e. The largest absolute Gasteiger partial charge is 0.351 e. The highest BCUT2D eigenvalue weighted by Crippen LogP contribution is 2.25. The number of likely N-dealkylation sites (tertiary alicyclic amines) is 1. The van der Waals surface area contributed by atoms with Crippen LogP contribution in [0.15, 0.2) is 47.6 Å². The number of aromatic nitrogens is 3. The highest BCUT2D eigenvalue weighted by Gasteiger charge is 2.36. The molecule has 2 N–H and O–H groups in total. The van der Waals surface area contributed by atoms with Gasteiger partial charge in [0.25, 0.3) is 5.91 Å².